The monoisotopic (exact) mass is 471 g/mol. The van der Waals surface area contributed by atoms with Crippen LogP contribution in [0.25, 0.3) is 0 Å². The molecule has 3 heterocycles. The van der Waals surface area contributed by atoms with Gasteiger partial charge in [-0.3, -0.25) is 9.59 Å². The number of carbonyl (C=O) groups is 4. The molecule has 0 aliphatic carbocycles. The lowest BCUT2D eigenvalue weighted by atomic mass is 9.78. The molecule has 3 aliphatic heterocycles. The molecular weight excluding hydrogens is 438 g/mol. The maximum atomic E-state index is 13.0. The van der Waals surface area contributed by atoms with Crippen LogP contribution in [-0.2, 0) is 9.59 Å². The molecule has 10 heteroatoms. The van der Waals surface area contributed by atoms with Crippen LogP contribution in [0.4, 0.5) is 10.5 Å². The second-order valence-electron chi connectivity index (χ2n) is 9.53. The molecule has 10 nitrogen and oxygen atoms in total. The highest BCUT2D eigenvalue weighted by atomic mass is 16.4. The molecule has 1 aromatic carbocycles. The van der Waals surface area contributed by atoms with Crippen molar-refractivity contribution < 1.29 is 24.3 Å². The van der Waals surface area contributed by atoms with Crippen LogP contribution in [0, 0.1) is 11.8 Å². The standard InChI is InChI=1S/C24H33N5O5/c1-26(2)18-5-3-17(4-6-18)21(30)27-11-13-28(14-12-27)24(34)29-20(23(32)33)19(22(29)31)15-16-7-9-25-10-8-16/h3-6,16,19-20,25H,7-15H2,1-2H3,(H,32,33)/t19-,20+/m1/s1. The molecule has 2 N–H and O–H groups in total. The number of piperidine rings is 1. The SMILES string of the molecule is CN(C)c1ccc(C(=O)N2CCN(C(=O)N3C(=O)[C@H](CC4CCNCC4)[C@H]3C(=O)O)CC2)cc1. The number of imide groups is 1. The van der Waals surface area contributed by atoms with E-state index in [0.29, 0.717) is 31.0 Å². The van der Waals surface area contributed by atoms with E-state index < -0.39 is 29.9 Å². The largest absolute Gasteiger partial charge is 0.480 e. The minimum Gasteiger partial charge on any atom is -0.480 e. The normalized spacial score (nSPS) is 23.5. The van der Waals surface area contributed by atoms with E-state index in [2.05, 4.69) is 5.32 Å². The lowest BCUT2D eigenvalue weighted by molar-refractivity contribution is -0.167. The first-order valence-electron chi connectivity index (χ1n) is 11.9. The zero-order chi connectivity index (χ0) is 24.4. The molecule has 34 heavy (non-hydrogen) atoms. The van der Waals surface area contributed by atoms with Crippen molar-refractivity contribution >= 4 is 29.5 Å². The van der Waals surface area contributed by atoms with Gasteiger partial charge in [-0.05, 0) is 62.5 Å². The van der Waals surface area contributed by atoms with Crippen LogP contribution >= 0.6 is 0 Å². The number of carboxylic acid groups (broad SMARTS) is 1. The molecule has 0 bridgehead atoms. The molecule has 0 aromatic heterocycles. The highest BCUT2D eigenvalue weighted by Crippen LogP contribution is 2.35. The fourth-order valence-electron chi connectivity index (χ4n) is 5.09. The number of hydrogen-bond donors (Lipinski definition) is 2. The van der Waals surface area contributed by atoms with Crippen molar-refractivity contribution in [1.82, 2.24) is 20.0 Å². The summed E-state index contributed by atoms with van der Waals surface area (Å²) in [4.78, 5) is 56.6. The molecule has 3 saturated heterocycles. The molecule has 1 aromatic rings. The highest BCUT2D eigenvalue weighted by molar-refractivity contribution is 6.07. The zero-order valence-electron chi connectivity index (χ0n) is 19.8. The Morgan fingerprint density at radius 1 is 1.00 bits per heavy atom. The molecule has 4 rings (SSSR count). The number of β-lactam (4-membered cyclic amide) rings is 1. The third kappa shape index (κ3) is 4.72. The van der Waals surface area contributed by atoms with Gasteiger partial charge in [-0.2, -0.15) is 0 Å². The second-order valence-corrected chi connectivity index (χ2v) is 9.53. The van der Waals surface area contributed by atoms with Crippen molar-refractivity contribution in [2.24, 2.45) is 11.8 Å². The van der Waals surface area contributed by atoms with Crippen molar-refractivity contribution in [1.29, 1.82) is 0 Å². The first kappa shape index (κ1) is 24.0. The Morgan fingerprint density at radius 2 is 1.59 bits per heavy atom. The van der Waals surface area contributed by atoms with Gasteiger partial charge in [0.05, 0.1) is 5.92 Å². The fourth-order valence-corrected chi connectivity index (χ4v) is 5.09. The molecule has 0 spiro atoms. The molecule has 2 atom stereocenters. The fraction of sp³-hybridized carbons (Fsp3) is 0.583. The first-order chi connectivity index (χ1) is 16.3. The number of benzene rings is 1. The highest BCUT2D eigenvalue weighted by Gasteiger charge is 2.56. The maximum absolute atomic E-state index is 13.0. The van der Waals surface area contributed by atoms with Crippen LogP contribution in [-0.4, -0.2) is 103 Å². The number of rotatable bonds is 5. The van der Waals surface area contributed by atoms with E-state index in [1.165, 1.54) is 4.90 Å². The van der Waals surface area contributed by atoms with Gasteiger partial charge in [-0.15, -0.1) is 0 Å². The Bertz CT molecular complexity index is 936. The maximum Gasteiger partial charge on any atom is 0.327 e. The smallest absolute Gasteiger partial charge is 0.327 e. The molecule has 3 fully saturated rings. The van der Waals surface area contributed by atoms with Crippen LogP contribution in [0.1, 0.15) is 29.6 Å². The summed E-state index contributed by atoms with van der Waals surface area (Å²) in [6, 6.07) is 5.66. The number of nitrogens with zero attached hydrogens (tertiary/aromatic N) is 4. The van der Waals surface area contributed by atoms with Gasteiger partial charge in [0.25, 0.3) is 5.91 Å². The van der Waals surface area contributed by atoms with Crippen LogP contribution in [0.5, 0.6) is 0 Å². The Hall–Kier alpha value is -3.14. The molecular formula is C24H33N5O5. The van der Waals surface area contributed by atoms with E-state index in [1.807, 2.05) is 31.1 Å². The summed E-state index contributed by atoms with van der Waals surface area (Å²) >= 11 is 0. The number of amides is 4. The number of aliphatic carboxylic acids is 1. The Kier molecular flexibility index (Phi) is 7.06. The Balaban J connectivity index is 1.33. The van der Waals surface area contributed by atoms with E-state index in [1.54, 1.807) is 17.0 Å². The van der Waals surface area contributed by atoms with Gasteiger partial charge in [-0.1, -0.05) is 0 Å². The van der Waals surface area contributed by atoms with Crippen LogP contribution in [0.2, 0.25) is 0 Å². The summed E-state index contributed by atoms with van der Waals surface area (Å²) in [5.74, 6) is -1.98. The first-order valence-corrected chi connectivity index (χ1v) is 11.9. The van der Waals surface area contributed by atoms with Crippen molar-refractivity contribution in [2.75, 3.05) is 58.3 Å². The number of hydrogen-bond acceptors (Lipinski definition) is 6. The Labute approximate surface area is 199 Å². The van der Waals surface area contributed by atoms with Crippen LogP contribution in [0.3, 0.4) is 0 Å². The lowest BCUT2D eigenvalue weighted by Gasteiger charge is -2.47. The molecule has 184 valence electrons. The van der Waals surface area contributed by atoms with Gasteiger partial charge in [0, 0.05) is 51.5 Å². The number of anilines is 1. The number of nitrogens with one attached hydrogen (secondary N) is 1. The van der Waals surface area contributed by atoms with Gasteiger partial charge < -0.3 is 25.1 Å². The minimum atomic E-state index is -1.14. The third-order valence-corrected chi connectivity index (χ3v) is 7.19. The lowest BCUT2D eigenvalue weighted by Crippen LogP contribution is -2.69. The number of carboxylic acids is 1. The predicted molar refractivity (Wildman–Crippen MR) is 126 cm³/mol. The molecule has 0 unspecified atom stereocenters. The van der Waals surface area contributed by atoms with E-state index >= 15 is 0 Å². The average molecular weight is 472 g/mol. The third-order valence-electron chi connectivity index (χ3n) is 7.19. The van der Waals surface area contributed by atoms with Crippen molar-refractivity contribution in [3.63, 3.8) is 0 Å². The number of likely N-dealkylation sites (tertiary alicyclic amines) is 1. The van der Waals surface area contributed by atoms with Crippen LogP contribution < -0.4 is 10.2 Å². The van der Waals surface area contributed by atoms with Gasteiger partial charge in [-0.25, -0.2) is 14.5 Å². The second kappa shape index (κ2) is 10.0. The van der Waals surface area contributed by atoms with Crippen molar-refractivity contribution in [2.45, 2.75) is 25.3 Å². The summed E-state index contributed by atoms with van der Waals surface area (Å²) in [6.07, 6.45) is 2.34. The summed E-state index contributed by atoms with van der Waals surface area (Å²) in [7, 11) is 3.86. The Morgan fingerprint density at radius 3 is 2.15 bits per heavy atom. The summed E-state index contributed by atoms with van der Waals surface area (Å²) < 4.78 is 0. The minimum absolute atomic E-state index is 0.108. The molecule has 3 aliphatic rings. The van der Waals surface area contributed by atoms with E-state index in [9.17, 15) is 24.3 Å². The van der Waals surface area contributed by atoms with Gasteiger partial charge in [0.1, 0.15) is 0 Å². The van der Waals surface area contributed by atoms with Gasteiger partial charge in [0.15, 0.2) is 6.04 Å². The quantitative estimate of drug-likeness (QED) is 0.614. The van der Waals surface area contributed by atoms with Crippen molar-refractivity contribution in [3.8, 4) is 0 Å². The molecule has 0 radical (unpaired) electrons. The number of urea groups is 1. The van der Waals surface area contributed by atoms with E-state index in [-0.39, 0.29) is 19.0 Å². The number of piperazine rings is 1. The summed E-state index contributed by atoms with van der Waals surface area (Å²) in [6.45, 7) is 2.92. The summed E-state index contributed by atoms with van der Waals surface area (Å²) in [5.41, 5.74) is 1.58. The van der Waals surface area contributed by atoms with E-state index in [0.717, 1.165) is 36.5 Å². The average Bonchev–Trinajstić information content (AvgIpc) is 2.85. The van der Waals surface area contributed by atoms with Crippen molar-refractivity contribution in [3.05, 3.63) is 29.8 Å². The topological polar surface area (TPSA) is 114 Å². The number of carbonyl (C=O) groups excluding carboxylic acids is 3. The predicted octanol–water partition coefficient (Wildman–Crippen LogP) is 0.932. The van der Waals surface area contributed by atoms with Gasteiger partial charge >= 0.3 is 12.0 Å². The van der Waals surface area contributed by atoms with Crippen LogP contribution in [0.15, 0.2) is 24.3 Å². The molecule has 0 saturated carbocycles. The molecule has 4 amide bonds. The summed E-state index contributed by atoms with van der Waals surface area (Å²) in [5, 5.41) is 13.0. The van der Waals surface area contributed by atoms with Gasteiger partial charge in [0.2, 0.25) is 5.91 Å². The zero-order valence-corrected chi connectivity index (χ0v) is 19.8. The van der Waals surface area contributed by atoms with E-state index in [4.69, 9.17) is 0 Å².